The van der Waals surface area contributed by atoms with Gasteiger partial charge < -0.3 is 14.5 Å². The lowest BCUT2D eigenvalue weighted by Gasteiger charge is -2.14. The van der Waals surface area contributed by atoms with Crippen molar-refractivity contribution in [2.24, 2.45) is 0 Å². The van der Waals surface area contributed by atoms with E-state index >= 15 is 0 Å². The van der Waals surface area contributed by atoms with E-state index in [1.165, 1.54) is 12.0 Å². The van der Waals surface area contributed by atoms with Crippen LogP contribution in [0.4, 0.5) is 5.69 Å². The second-order valence-corrected chi connectivity index (χ2v) is 8.31. The number of rotatable bonds is 4. The Bertz CT molecular complexity index is 1170. The van der Waals surface area contributed by atoms with Crippen LogP contribution in [0, 0.1) is 13.8 Å². The zero-order chi connectivity index (χ0) is 21.4. The van der Waals surface area contributed by atoms with Crippen LogP contribution in [0.2, 0.25) is 5.02 Å². The highest BCUT2D eigenvalue weighted by atomic mass is 35.5. The molecule has 1 amide bonds. The fourth-order valence-corrected chi connectivity index (χ4v) is 4.45. The average molecular weight is 424 g/mol. The molecule has 0 saturated heterocycles. The number of ether oxygens (including phenoxy) is 1. The Balaban J connectivity index is 1.73. The van der Waals surface area contributed by atoms with Gasteiger partial charge in [0.2, 0.25) is 5.91 Å². The van der Waals surface area contributed by atoms with Crippen LogP contribution >= 0.6 is 11.6 Å². The minimum atomic E-state index is -0.202. The lowest BCUT2D eigenvalue weighted by Crippen LogP contribution is -2.10. The van der Waals surface area contributed by atoms with Crippen molar-refractivity contribution in [3.63, 3.8) is 0 Å². The minimum Gasteiger partial charge on any atom is -0.496 e. The number of amides is 1. The summed E-state index contributed by atoms with van der Waals surface area (Å²) < 4.78 is 11.9. The number of furan rings is 1. The van der Waals surface area contributed by atoms with Gasteiger partial charge in [-0.25, -0.2) is 0 Å². The summed E-state index contributed by atoms with van der Waals surface area (Å²) in [6, 6.07) is 7.58. The van der Waals surface area contributed by atoms with E-state index in [4.69, 9.17) is 20.8 Å². The number of carbonyl (C=O) groups is 1. The minimum absolute atomic E-state index is 0.202. The molecule has 1 heterocycles. The molecule has 2 aromatic carbocycles. The number of halogens is 1. The van der Waals surface area contributed by atoms with Crippen LogP contribution < -0.4 is 10.1 Å². The number of aryl methyl sites for hydroxylation is 3. The maximum Gasteiger partial charge on any atom is 0.248 e. The molecule has 0 unspecified atom stereocenters. The van der Waals surface area contributed by atoms with Gasteiger partial charge in [-0.15, -0.1) is 0 Å². The number of hydrogen-bond acceptors (Lipinski definition) is 3. The fourth-order valence-electron chi connectivity index (χ4n) is 4.28. The molecule has 0 bridgehead atoms. The predicted octanol–water partition coefficient (Wildman–Crippen LogP) is 6.63. The third-order valence-electron chi connectivity index (χ3n) is 5.93. The first-order valence-electron chi connectivity index (χ1n) is 10.3. The SMILES string of the molecule is COc1c(/C(C)=C/C(=O)Nc2cccc(Cl)c2C)cc2c3c(oc2c1C)CCCC3. The first-order chi connectivity index (χ1) is 14.4. The number of fused-ring (bicyclic) bond motifs is 3. The topological polar surface area (TPSA) is 51.5 Å². The van der Waals surface area contributed by atoms with Gasteiger partial charge in [0.1, 0.15) is 17.1 Å². The molecule has 0 atom stereocenters. The average Bonchev–Trinajstić information content (AvgIpc) is 3.10. The van der Waals surface area contributed by atoms with Gasteiger partial charge in [-0.2, -0.15) is 0 Å². The molecule has 0 aliphatic heterocycles. The van der Waals surface area contributed by atoms with Crippen molar-refractivity contribution in [1.29, 1.82) is 0 Å². The lowest BCUT2D eigenvalue weighted by atomic mass is 9.93. The zero-order valence-corrected chi connectivity index (χ0v) is 18.6. The number of carbonyl (C=O) groups excluding carboxylic acids is 1. The monoisotopic (exact) mass is 423 g/mol. The van der Waals surface area contributed by atoms with Crippen molar-refractivity contribution >= 4 is 39.7 Å². The normalized spacial score (nSPS) is 14.0. The van der Waals surface area contributed by atoms with Crippen molar-refractivity contribution in [3.05, 3.63) is 63.4 Å². The van der Waals surface area contributed by atoms with Crippen LogP contribution in [0.15, 0.2) is 34.8 Å². The molecule has 5 heteroatoms. The number of methoxy groups -OCH3 is 1. The molecule has 1 N–H and O–H groups in total. The summed E-state index contributed by atoms with van der Waals surface area (Å²) in [5, 5.41) is 4.69. The lowest BCUT2D eigenvalue weighted by molar-refractivity contribution is -0.111. The van der Waals surface area contributed by atoms with E-state index in [2.05, 4.69) is 11.4 Å². The quantitative estimate of drug-likeness (QED) is 0.479. The van der Waals surface area contributed by atoms with Crippen LogP contribution in [0.25, 0.3) is 16.5 Å². The van der Waals surface area contributed by atoms with Gasteiger partial charge in [-0.1, -0.05) is 17.7 Å². The molecular formula is C25H26ClNO3. The molecule has 1 aliphatic carbocycles. The summed E-state index contributed by atoms with van der Waals surface area (Å²) in [4.78, 5) is 12.7. The molecule has 1 aromatic heterocycles. The number of nitrogens with one attached hydrogen (secondary N) is 1. The molecule has 30 heavy (non-hydrogen) atoms. The van der Waals surface area contributed by atoms with Gasteiger partial charge in [0.25, 0.3) is 0 Å². The Morgan fingerprint density at radius 2 is 1.97 bits per heavy atom. The fraction of sp³-hybridized carbons (Fsp3) is 0.320. The van der Waals surface area contributed by atoms with Crippen molar-refractivity contribution < 1.29 is 13.9 Å². The van der Waals surface area contributed by atoms with Gasteiger partial charge in [0.15, 0.2) is 0 Å². The number of benzene rings is 2. The van der Waals surface area contributed by atoms with Crippen LogP contribution in [0.1, 0.15) is 47.8 Å². The predicted molar refractivity (Wildman–Crippen MR) is 123 cm³/mol. The summed E-state index contributed by atoms with van der Waals surface area (Å²) >= 11 is 6.17. The Hall–Kier alpha value is -2.72. The van der Waals surface area contributed by atoms with Gasteiger partial charge in [-0.3, -0.25) is 4.79 Å². The summed E-state index contributed by atoms with van der Waals surface area (Å²) in [6.45, 7) is 5.83. The van der Waals surface area contributed by atoms with E-state index < -0.39 is 0 Å². The highest BCUT2D eigenvalue weighted by Gasteiger charge is 2.23. The molecule has 4 rings (SSSR count). The molecule has 0 radical (unpaired) electrons. The Labute approximate surface area is 181 Å². The smallest absolute Gasteiger partial charge is 0.248 e. The zero-order valence-electron chi connectivity index (χ0n) is 17.8. The molecule has 3 aromatic rings. The van der Waals surface area contributed by atoms with Gasteiger partial charge in [0, 0.05) is 45.3 Å². The maximum atomic E-state index is 12.7. The van der Waals surface area contributed by atoms with E-state index in [9.17, 15) is 4.79 Å². The van der Waals surface area contributed by atoms with Crippen LogP contribution in [-0.2, 0) is 17.6 Å². The summed E-state index contributed by atoms with van der Waals surface area (Å²) in [5.41, 5.74) is 6.47. The summed E-state index contributed by atoms with van der Waals surface area (Å²) in [6.07, 6.45) is 5.97. The Morgan fingerprint density at radius 1 is 1.20 bits per heavy atom. The molecule has 0 saturated carbocycles. The maximum absolute atomic E-state index is 12.7. The first-order valence-corrected chi connectivity index (χ1v) is 10.6. The second-order valence-electron chi connectivity index (χ2n) is 7.90. The third-order valence-corrected chi connectivity index (χ3v) is 6.34. The van der Waals surface area contributed by atoms with Crippen molar-refractivity contribution in [2.45, 2.75) is 46.5 Å². The number of allylic oxidation sites excluding steroid dienone is 1. The van der Waals surface area contributed by atoms with Gasteiger partial charge in [-0.05, 0) is 69.4 Å². The van der Waals surface area contributed by atoms with E-state index in [1.54, 1.807) is 13.2 Å². The summed E-state index contributed by atoms with van der Waals surface area (Å²) in [7, 11) is 1.66. The van der Waals surface area contributed by atoms with Crippen LogP contribution in [0.3, 0.4) is 0 Å². The molecular weight excluding hydrogens is 398 g/mol. The Kier molecular flexibility index (Phi) is 5.61. The number of anilines is 1. The highest BCUT2D eigenvalue weighted by Crippen LogP contribution is 2.41. The van der Waals surface area contributed by atoms with E-state index in [-0.39, 0.29) is 5.91 Å². The van der Waals surface area contributed by atoms with E-state index in [1.807, 2.05) is 39.0 Å². The molecule has 156 valence electrons. The third kappa shape index (κ3) is 3.61. The molecule has 0 fully saturated rings. The highest BCUT2D eigenvalue weighted by molar-refractivity contribution is 6.31. The second kappa shape index (κ2) is 8.19. The van der Waals surface area contributed by atoms with Crippen LogP contribution in [-0.4, -0.2) is 13.0 Å². The first kappa shape index (κ1) is 20.5. The molecule has 1 aliphatic rings. The van der Waals surface area contributed by atoms with Crippen molar-refractivity contribution in [2.75, 3.05) is 12.4 Å². The summed E-state index contributed by atoms with van der Waals surface area (Å²) in [5.74, 6) is 1.63. The van der Waals surface area contributed by atoms with Gasteiger partial charge in [0.05, 0.1) is 7.11 Å². The van der Waals surface area contributed by atoms with Gasteiger partial charge >= 0.3 is 0 Å². The molecule has 4 nitrogen and oxygen atoms in total. The van der Waals surface area contributed by atoms with E-state index in [0.717, 1.165) is 64.0 Å². The standard InChI is InChI=1S/C25H26ClNO3/c1-14(12-23(28)27-21-10-7-9-20(26)15(21)2)18-13-19-17-8-5-6-11-22(17)30-25(19)16(3)24(18)29-4/h7,9-10,12-13H,5-6,8,11H2,1-4H3,(H,27,28)/b14-12+. The van der Waals surface area contributed by atoms with E-state index in [0.29, 0.717) is 10.7 Å². The number of hydrogen-bond donors (Lipinski definition) is 1. The largest absolute Gasteiger partial charge is 0.496 e. The Morgan fingerprint density at radius 3 is 2.73 bits per heavy atom. The van der Waals surface area contributed by atoms with Crippen molar-refractivity contribution in [1.82, 2.24) is 0 Å². The van der Waals surface area contributed by atoms with Crippen LogP contribution in [0.5, 0.6) is 5.75 Å². The van der Waals surface area contributed by atoms with Crippen molar-refractivity contribution in [3.8, 4) is 5.75 Å². The molecule has 0 spiro atoms.